The first-order valence-electron chi connectivity index (χ1n) is 7.68. The molecular weight excluding hydrogens is 600 g/mol. The molecule has 2 N–H and O–H groups in total. The Bertz CT molecular complexity index is 760. The molecule has 0 saturated carbocycles. The summed E-state index contributed by atoms with van der Waals surface area (Å²) in [6.45, 7) is 5.74. The Morgan fingerprint density at radius 2 is 1.46 bits per heavy atom. The molecular formula is C18H18Br4O4. The average Bonchev–Trinajstić information content (AvgIpc) is 2.50. The number of halogens is 4. The fourth-order valence-electron chi connectivity index (χ4n) is 2.20. The van der Waals surface area contributed by atoms with Gasteiger partial charge in [-0.25, -0.2) is 0 Å². The smallest absolute Gasteiger partial charge is 0.148 e. The molecule has 2 aromatic rings. The number of benzene rings is 2. The number of rotatable bonds is 6. The van der Waals surface area contributed by atoms with E-state index in [1.165, 1.54) is 0 Å². The van der Waals surface area contributed by atoms with Gasteiger partial charge in [-0.3, -0.25) is 0 Å². The predicted octanol–water partition coefficient (Wildman–Crippen LogP) is 6.52. The van der Waals surface area contributed by atoms with Crippen molar-refractivity contribution in [3.8, 4) is 17.2 Å². The quantitative estimate of drug-likeness (QED) is 0.388. The molecule has 0 radical (unpaired) electrons. The van der Waals surface area contributed by atoms with Crippen LogP contribution >= 0.6 is 63.7 Å². The second kappa shape index (κ2) is 8.82. The summed E-state index contributed by atoms with van der Waals surface area (Å²) in [5, 5.41) is 19.3. The first-order valence-corrected chi connectivity index (χ1v) is 10.9. The second-order valence-electron chi connectivity index (χ2n) is 6.28. The summed E-state index contributed by atoms with van der Waals surface area (Å²) in [5.74, 6) is 1.39. The predicted molar refractivity (Wildman–Crippen MR) is 116 cm³/mol. The lowest BCUT2D eigenvalue weighted by molar-refractivity contribution is 0.107. The van der Waals surface area contributed by atoms with Gasteiger partial charge in [0, 0.05) is 0 Å². The number of ether oxygens (including phenoxy) is 2. The van der Waals surface area contributed by atoms with Crippen molar-refractivity contribution in [1.29, 1.82) is 0 Å². The van der Waals surface area contributed by atoms with Crippen LogP contribution in [0.4, 0.5) is 0 Å². The summed E-state index contributed by atoms with van der Waals surface area (Å²) in [6, 6.07) is 7.28. The summed E-state index contributed by atoms with van der Waals surface area (Å²) >= 11 is 13.7. The van der Waals surface area contributed by atoms with Gasteiger partial charge in [-0.15, -0.1) is 0 Å². The van der Waals surface area contributed by atoms with Gasteiger partial charge < -0.3 is 19.7 Å². The van der Waals surface area contributed by atoms with Crippen molar-refractivity contribution in [3.05, 3.63) is 47.7 Å². The van der Waals surface area contributed by atoms with E-state index in [0.717, 1.165) is 5.56 Å². The van der Waals surface area contributed by atoms with E-state index >= 15 is 0 Å². The Balaban J connectivity index is 2.29. The Labute approximate surface area is 186 Å². The van der Waals surface area contributed by atoms with Gasteiger partial charge in [0.05, 0.1) is 24.0 Å². The third kappa shape index (κ3) is 5.38. The van der Waals surface area contributed by atoms with Gasteiger partial charge in [-0.1, -0.05) is 0 Å². The molecule has 1 atom stereocenters. The standard InChI is InChI=1S/C18H18Br4O4/c1-9(23)8-25-17-14(21)6-11(7-15(17)22)26-18(2,3)10-4-12(19)16(24)13(20)5-10/h4-7,9,23-24H,8H2,1-3H3. The van der Waals surface area contributed by atoms with E-state index in [0.29, 0.717) is 29.4 Å². The van der Waals surface area contributed by atoms with Crippen molar-refractivity contribution in [3.63, 3.8) is 0 Å². The molecule has 26 heavy (non-hydrogen) atoms. The van der Waals surface area contributed by atoms with Crippen molar-refractivity contribution in [1.82, 2.24) is 0 Å². The zero-order valence-corrected chi connectivity index (χ0v) is 20.7. The highest BCUT2D eigenvalue weighted by atomic mass is 79.9. The zero-order valence-electron chi connectivity index (χ0n) is 14.3. The highest BCUT2D eigenvalue weighted by Crippen LogP contribution is 2.41. The van der Waals surface area contributed by atoms with Crippen LogP contribution in [0.5, 0.6) is 17.2 Å². The van der Waals surface area contributed by atoms with E-state index in [1.54, 1.807) is 6.92 Å². The summed E-state index contributed by atoms with van der Waals surface area (Å²) in [6.07, 6.45) is -0.560. The Hall–Kier alpha value is -0.280. The number of aliphatic hydroxyl groups excluding tert-OH is 1. The third-order valence-corrected chi connectivity index (χ3v) is 5.91. The molecule has 0 fully saturated rings. The van der Waals surface area contributed by atoms with Crippen molar-refractivity contribution >= 4 is 63.7 Å². The maximum absolute atomic E-state index is 9.90. The van der Waals surface area contributed by atoms with Crippen LogP contribution in [0, 0.1) is 0 Å². The van der Waals surface area contributed by atoms with E-state index in [9.17, 15) is 10.2 Å². The fraction of sp³-hybridized carbons (Fsp3) is 0.333. The van der Waals surface area contributed by atoms with Crippen molar-refractivity contribution in [2.45, 2.75) is 32.5 Å². The summed E-state index contributed by atoms with van der Waals surface area (Å²) in [7, 11) is 0. The highest BCUT2D eigenvalue weighted by molar-refractivity contribution is 9.11. The molecule has 0 aliphatic heterocycles. The van der Waals surface area contributed by atoms with Gasteiger partial charge in [0.25, 0.3) is 0 Å². The van der Waals surface area contributed by atoms with Crippen molar-refractivity contribution in [2.75, 3.05) is 6.61 Å². The van der Waals surface area contributed by atoms with Crippen LogP contribution in [-0.2, 0) is 5.60 Å². The van der Waals surface area contributed by atoms with Gasteiger partial charge in [0.1, 0.15) is 29.5 Å². The molecule has 0 bridgehead atoms. The first kappa shape index (κ1) is 22.0. The van der Waals surface area contributed by atoms with Gasteiger partial charge in [0.2, 0.25) is 0 Å². The molecule has 0 saturated heterocycles. The number of aliphatic hydroxyl groups is 1. The molecule has 1 unspecified atom stereocenters. The van der Waals surface area contributed by atoms with E-state index in [1.807, 2.05) is 38.1 Å². The van der Waals surface area contributed by atoms with Gasteiger partial charge in [0.15, 0.2) is 0 Å². The van der Waals surface area contributed by atoms with Crippen LogP contribution < -0.4 is 9.47 Å². The Kier molecular flexibility index (Phi) is 7.46. The van der Waals surface area contributed by atoms with Crippen LogP contribution in [0.1, 0.15) is 26.3 Å². The minimum atomic E-state index is -0.653. The van der Waals surface area contributed by atoms with Crippen LogP contribution in [0.15, 0.2) is 42.2 Å². The van der Waals surface area contributed by atoms with E-state index in [4.69, 9.17) is 9.47 Å². The molecule has 0 spiro atoms. The van der Waals surface area contributed by atoms with Crippen molar-refractivity contribution in [2.24, 2.45) is 0 Å². The van der Waals surface area contributed by atoms with Gasteiger partial charge in [-0.05, 0) is 114 Å². The second-order valence-corrected chi connectivity index (χ2v) is 9.69. The lowest BCUT2D eigenvalue weighted by atomic mass is 9.98. The van der Waals surface area contributed by atoms with Gasteiger partial charge >= 0.3 is 0 Å². The molecule has 142 valence electrons. The Morgan fingerprint density at radius 3 is 1.92 bits per heavy atom. The van der Waals surface area contributed by atoms with Crippen molar-refractivity contribution < 1.29 is 19.7 Å². The molecule has 8 heteroatoms. The normalized spacial score (nSPS) is 12.8. The number of phenols is 1. The molecule has 0 aromatic heterocycles. The molecule has 2 aromatic carbocycles. The topological polar surface area (TPSA) is 58.9 Å². The van der Waals surface area contributed by atoms with Crippen LogP contribution in [0.2, 0.25) is 0 Å². The monoisotopic (exact) mass is 614 g/mol. The first-order chi connectivity index (χ1) is 12.0. The molecule has 4 nitrogen and oxygen atoms in total. The average molecular weight is 618 g/mol. The van der Waals surface area contributed by atoms with Gasteiger partial charge in [-0.2, -0.15) is 0 Å². The largest absolute Gasteiger partial charge is 0.506 e. The fourth-order valence-corrected chi connectivity index (χ4v) is 4.76. The summed E-state index contributed by atoms with van der Waals surface area (Å²) in [5.41, 5.74) is 0.232. The lowest BCUT2D eigenvalue weighted by Crippen LogP contribution is -2.25. The molecule has 0 aliphatic carbocycles. The molecule has 0 amide bonds. The number of hydrogen-bond donors (Lipinski definition) is 2. The van der Waals surface area contributed by atoms with E-state index in [2.05, 4.69) is 63.7 Å². The van der Waals surface area contributed by atoms with Crippen LogP contribution in [-0.4, -0.2) is 22.9 Å². The molecule has 2 rings (SSSR count). The van der Waals surface area contributed by atoms with E-state index < -0.39 is 11.7 Å². The Morgan fingerprint density at radius 1 is 0.962 bits per heavy atom. The molecule has 0 aliphatic rings. The third-order valence-electron chi connectivity index (χ3n) is 3.53. The number of hydrogen-bond acceptors (Lipinski definition) is 4. The maximum Gasteiger partial charge on any atom is 0.148 e. The zero-order chi connectivity index (χ0) is 19.6. The maximum atomic E-state index is 9.90. The highest BCUT2D eigenvalue weighted by Gasteiger charge is 2.26. The van der Waals surface area contributed by atoms with Crippen LogP contribution in [0.3, 0.4) is 0 Å². The minimum Gasteiger partial charge on any atom is -0.506 e. The molecule has 0 heterocycles. The number of aromatic hydroxyl groups is 1. The summed E-state index contributed by atoms with van der Waals surface area (Å²) < 4.78 is 14.4. The SMILES string of the molecule is CC(O)COc1c(Br)cc(OC(C)(C)c2cc(Br)c(O)c(Br)c2)cc1Br. The van der Waals surface area contributed by atoms with Crippen LogP contribution in [0.25, 0.3) is 0 Å². The van der Waals surface area contributed by atoms with E-state index in [-0.39, 0.29) is 12.4 Å². The number of phenolic OH excluding ortho intramolecular Hbond substituents is 1. The summed E-state index contributed by atoms with van der Waals surface area (Å²) in [4.78, 5) is 0. The lowest BCUT2D eigenvalue weighted by Gasteiger charge is -2.28. The minimum absolute atomic E-state index is 0.148.